The molecule has 5 heteroatoms. The number of nitrogens with zero attached hydrogens (tertiary/aromatic N) is 2. The maximum atomic E-state index is 13.8. The Morgan fingerprint density at radius 3 is 2.61 bits per heavy atom. The molecule has 0 atom stereocenters. The van der Waals surface area contributed by atoms with Gasteiger partial charge < -0.3 is 15.5 Å². The van der Waals surface area contributed by atoms with Gasteiger partial charge in [-0.3, -0.25) is 4.99 Å². The van der Waals surface area contributed by atoms with Gasteiger partial charge in [-0.25, -0.2) is 4.39 Å². The molecule has 0 saturated carbocycles. The first kappa shape index (κ1) is 14.4. The molecule has 2 N–H and O–H groups in total. The van der Waals surface area contributed by atoms with Crippen LogP contribution in [0.25, 0.3) is 0 Å². The molecule has 0 amide bonds. The molecule has 0 radical (unpaired) electrons. The van der Waals surface area contributed by atoms with Crippen LogP contribution < -0.4 is 10.6 Å². The second kappa shape index (κ2) is 6.96. The van der Waals surface area contributed by atoms with Crippen LogP contribution >= 0.6 is 0 Å². The molecule has 1 rings (SSSR count). The third-order valence-electron chi connectivity index (χ3n) is 2.52. The molecule has 0 aliphatic heterocycles. The van der Waals surface area contributed by atoms with Gasteiger partial charge in [0.2, 0.25) is 0 Å². The van der Waals surface area contributed by atoms with E-state index >= 15 is 0 Å². The van der Waals surface area contributed by atoms with Crippen LogP contribution in [0.2, 0.25) is 0 Å². The van der Waals surface area contributed by atoms with Gasteiger partial charge in [0.15, 0.2) is 5.96 Å². The van der Waals surface area contributed by atoms with Gasteiger partial charge in [0.25, 0.3) is 0 Å². The van der Waals surface area contributed by atoms with Gasteiger partial charge in [-0.05, 0) is 25.7 Å². The minimum atomic E-state index is -0.164. The standard InChI is InChI=1S/C13H21FN4/c1-15-13(16-2)17-8-10-5-6-11(9-18(3)4)12(14)7-10/h5-7H,8-9H2,1-4H3,(H2,15,16,17). The quantitative estimate of drug-likeness (QED) is 0.624. The zero-order valence-corrected chi connectivity index (χ0v) is 11.4. The van der Waals surface area contributed by atoms with Crippen molar-refractivity contribution in [3.63, 3.8) is 0 Å². The van der Waals surface area contributed by atoms with Gasteiger partial charge >= 0.3 is 0 Å². The second-order valence-electron chi connectivity index (χ2n) is 4.34. The highest BCUT2D eigenvalue weighted by molar-refractivity contribution is 5.79. The summed E-state index contributed by atoms with van der Waals surface area (Å²) in [7, 11) is 7.33. The van der Waals surface area contributed by atoms with Crippen LogP contribution in [-0.4, -0.2) is 39.1 Å². The molecule has 0 saturated heterocycles. The van der Waals surface area contributed by atoms with E-state index in [2.05, 4.69) is 15.6 Å². The highest BCUT2D eigenvalue weighted by Gasteiger charge is 2.05. The zero-order valence-electron chi connectivity index (χ0n) is 11.4. The Balaban J connectivity index is 2.67. The number of hydrogen-bond donors (Lipinski definition) is 2. The molecule has 4 nitrogen and oxygen atoms in total. The predicted molar refractivity (Wildman–Crippen MR) is 73.0 cm³/mol. The van der Waals surface area contributed by atoms with Crippen LogP contribution in [0.4, 0.5) is 4.39 Å². The topological polar surface area (TPSA) is 39.7 Å². The van der Waals surface area contributed by atoms with Gasteiger partial charge in [0, 0.05) is 32.7 Å². The summed E-state index contributed by atoms with van der Waals surface area (Å²) in [5, 5.41) is 6.00. The molecule has 1 aromatic carbocycles. The lowest BCUT2D eigenvalue weighted by Crippen LogP contribution is -2.34. The molecule has 18 heavy (non-hydrogen) atoms. The molecule has 0 bridgehead atoms. The fourth-order valence-electron chi connectivity index (χ4n) is 1.63. The van der Waals surface area contributed by atoms with Gasteiger partial charge in [-0.1, -0.05) is 12.1 Å². The largest absolute Gasteiger partial charge is 0.359 e. The fraction of sp³-hybridized carbons (Fsp3) is 0.462. The second-order valence-corrected chi connectivity index (χ2v) is 4.34. The van der Waals surface area contributed by atoms with E-state index in [0.29, 0.717) is 24.6 Å². The van der Waals surface area contributed by atoms with Crippen molar-refractivity contribution in [3.8, 4) is 0 Å². The third-order valence-corrected chi connectivity index (χ3v) is 2.52. The normalized spacial score (nSPS) is 11.8. The summed E-state index contributed by atoms with van der Waals surface area (Å²) in [5.74, 6) is 0.523. The first-order valence-corrected chi connectivity index (χ1v) is 5.87. The number of aliphatic imine (C=N–C) groups is 1. The number of hydrogen-bond acceptors (Lipinski definition) is 2. The van der Waals surface area contributed by atoms with Crippen molar-refractivity contribution in [2.75, 3.05) is 28.2 Å². The van der Waals surface area contributed by atoms with Crippen LogP contribution in [0.1, 0.15) is 11.1 Å². The smallest absolute Gasteiger partial charge is 0.190 e. The Morgan fingerprint density at radius 1 is 1.39 bits per heavy atom. The van der Waals surface area contributed by atoms with Crippen molar-refractivity contribution in [2.24, 2.45) is 4.99 Å². The molecule has 0 fully saturated rings. The van der Waals surface area contributed by atoms with Crippen molar-refractivity contribution in [2.45, 2.75) is 13.1 Å². The number of nitrogens with one attached hydrogen (secondary N) is 2. The maximum absolute atomic E-state index is 13.8. The summed E-state index contributed by atoms with van der Waals surface area (Å²) in [6, 6.07) is 5.32. The monoisotopic (exact) mass is 252 g/mol. The Hall–Kier alpha value is -1.62. The molecular formula is C13H21FN4. The summed E-state index contributed by atoms with van der Waals surface area (Å²) in [6.45, 7) is 1.16. The highest BCUT2D eigenvalue weighted by Crippen LogP contribution is 2.11. The van der Waals surface area contributed by atoms with Crippen LogP contribution in [0, 0.1) is 5.82 Å². The molecule has 0 spiro atoms. The summed E-state index contributed by atoms with van der Waals surface area (Å²) >= 11 is 0. The predicted octanol–water partition coefficient (Wildman–Crippen LogP) is 1.18. The fourth-order valence-corrected chi connectivity index (χ4v) is 1.63. The third kappa shape index (κ3) is 4.33. The van der Waals surface area contributed by atoms with Crippen LogP contribution in [-0.2, 0) is 13.1 Å². The Kier molecular flexibility index (Phi) is 5.58. The highest BCUT2D eigenvalue weighted by atomic mass is 19.1. The minimum Gasteiger partial charge on any atom is -0.359 e. The minimum absolute atomic E-state index is 0.164. The SMILES string of the molecule is CN=C(NC)NCc1ccc(CN(C)C)c(F)c1. The Morgan fingerprint density at radius 2 is 2.11 bits per heavy atom. The summed E-state index contributed by atoms with van der Waals surface area (Å²) in [5.41, 5.74) is 1.60. The zero-order chi connectivity index (χ0) is 13.5. The average molecular weight is 252 g/mol. The van der Waals surface area contributed by atoms with Crippen LogP contribution in [0.15, 0.2) is 23.2 Å². The lowest BCUT2D eigenvalue weighted by atomic mass is 10.1. The van der Waals surface area contributed by atoms with E-state index < -0.39 is 0 Å². The average Bonchev–Trinajstić information content (AvgIpc) is 2.33. The van der Waals surface area contributed by atoms with E-state index in [-0.39, 0.29) is 5.82 Å². The van der Waals surface area contributed by atoms with Crippen molar-refractivity contribution in [1.82, 2.24) is 15.5 Å². The van der Waals surface area contributed by atoms with E-state index in [9.17, 15) is 4.39 Å². The lowest BCUT2D eigenvalue weighted by Gasteiger charge is -2.12. The molecule has 0 heterocycles. The van der Waals surface area contributed by atoms with Crippen molar-refractivity contribution in [3.05, 3.63) is 35.1 Å². The van der Waals surface area contributed by atoms with Gasteiger partial charge in [-0.15, -0.1) is 0 Å². The van der Waals surface area contributed by atoms with E-state index in [1.807, 2.05) is 31.1 Å². The number of benzene rings is 1. The molecule has 0 aliphatic carbocycles. The van der Waals surface area contributed by atoms with Gasteiger partial charge in [0.1, 0.15) is 5.82 Å². The first-order valence-electron chi connectivity index (χ1n) is 5.87. The van der Waals surface area contributed by atoms with E-state index in [4.69, 9.17) is 0 Å². The Bertz CT molecular complexity index is 415. The number of rotatable bonds is 4. The lowest BCUT2D eigenvalue weighted by molar-refractivity contribution is 0.392. The van der Waals surface area contributed by atoms with Gasteiger partial charge in [-0.2, -0.15) is 0 Å². The molecular weight excluding hydrogens is 231 g/mol. The maximum Gasteiger partial charge on any atom is 0.190 e. The summed E-state index contributed by atoms with van der Waals surface area (Å²) in [4.78, 5) is 5.94. The number of halogens is 1. The van der Waals surface area contributed by atoms with Crippen LogP contribution in [0.5, 0.6) is 0 Å². The van der Waals surface area contributed by atoms with Crippen LogP contribution in [0.3, 0.4) is 0 Å². The van der Waals surface area contributed by atoms with E-state index in [0.717, 1.165) is 5.56 Å². The number of guanidine groups is 1. The van der Waals surface area contributed by atoms with Crippen molar-refractivity contribution >= 4 is 5.96 Å². The summed E-state index contributed by atoms with van der Waals surface area (Å²) < 4.78 is 13.8. The molecule has 100 valence electrons. The van der Waals surface area contributed by atoms with Crippen molar-refractivity contribution in [1.29, 1.82) is 0 Å². The van der Waals surface area contributed by atoms with E-state index in [1.54, 1.807) is 20.2 Å². The van der Waals surface area contributed by atoms with Crippen molar-refractivity contribution < 1.29 is 4.39 Å². The summed E-state index contributed by atoms with van der Waals surface area (Å²) in [6.07, 6.45) is 0. The molecule has 0 aliphatic rings. The molecule has 0 unspecified atom stereocenters. The van der Waals surface area contributed by atoms with Gasteiger partial charge in [0.05, 0.1) is 0 Å². The Labute approximate surface area is 108 Å². The van der Waals surface area contributed by atoms with E-state index in [1.165, 1.54) is 0 Å². The first-order chi connectivity index (χ1) is 8.56. The molecule has 1 aromatic rings. The molecule has 0 aromatic heterocycles.